The van der Waals surface area contributed by atoms with E-state index in [9.17, 15) is 4.79 Å². The fourth-order valence-electron chi connectivity index (χ4n) is 1.80. The van der Waals surface area contributed by atoms with Crippen molar-refractivity contribution in [1.82, 2.24) is 4.90 Å². The van der Waals surface area contributed by atoms with Gasteiger partial charge in [-0.25, -0.2) is 0 Å². The van der Waals surface area contributed by atoms with Crippen LogP contribution in [0, 0.1) is 13.8 Å². The number of carbonyl (C=O) groups is 1. The Morgan fingerprint density at radius 2 is 2.06 bits per heavy atom. The number of hydrogen-bond acceptors (Lipinski definition) is 2. The number of rotatable bonds is 4. The Kier molecular flexibility index (Phi) is 4.07. The molecule has 0 heterocycles. The lowest BCUT2D eigenvalue weighted by atomic mass is 9.99. The monoisotopic (exact) mass is 221 g/mol. The van der Waals surface area contributed by atoms with E-state index < -0.39 is 5.97 Å². The molecule has 3 heteroatoms. The van der Waals surface area contributed by atoms with Gasteiger partial charge in [0.15, 0.2) is 0 Å². The summed E-state index contributed by atoms with van der Waals surface area (Å²) in [5.74, 6) is -0.792. The van der Waals surface area contributed by atoms with E-state index in [0.29, 0.717) is 0 Å². The average Bonchev–Trinajstić information content (AvgIpc) is 2.19. The second-order valence-corrected chi connectivity index (χ2v) is 4.34. The molecule has 1 N–H and O–H groups in total. The van der Waals surface area contributed by atoms with Crippen molar-refractivity contribution in [3.63, 3.8) is 0 Å². The van der Waals surface area contributed by atoms with Crippen LogP contribution in [0.1, 0.15) is 29.7 Å². The Morgan fingerprint density at radius 1 is 1.44 bits per heavy atom. The highest BCUT2D eigenvalue weighted by atomic mass is 16.4. The smallest absolute Gasteiger partial charge is 0.317 e. The predicted octanol–water partition coefficient (Wildman–Crippen LogP) is 2.38. The van der Waals surface area contributed by atoms with Crippen molar-refractivity contribution in [3.8, 4) is 0 Å². The first-order valence-corrected chi connectivity index (χ1v) is 5.41. The van der Waals surface area contributed by atoms with E-state index in [-0.39, 0.29) is 12.6 Å². The number of likely N-dealkylation sites (N-methyl/N-ethyl adjacent to an activating group) is 1. The number of benzene rings is 1. The zero-order valence-electron chi connectivity index (χ0n) is 10.3. The van der Waals surface area contributed by atoms with Crippen LogP contribution in [-0.2, 0) is 4.79 Å². The lowest BCUT2D eigenvalue weighted by Crippen LogP contribution is -2.28. The summed E-state index contributed by atoms with van der Waals surface area (Å²) in [6.45, 7) is 6.20. The lowest BCUT2D eigenvalue weighted by molar-refractivity contribution is -0.138. The van der Waals surface area contributed by atoms with Crippen LogP contribution >= 0.6 is 0 Å². The molecule has 1 aromatic rings. The van der Waals surface area contributed by atoms with Crippen molar-refractivity contribution in [3.05, 3.63) is 34.9 Å². The van der Waals surface area contributed by atoms with Gasteiger partial charge < -0.3 is 5.11 Å². The molecule has 0 aliphatic rings. The zero-order chi connectivity index (χ0) is 12.3. The molecule has 0 saturated carbocycles. The van der Waals surface area contributed by atoms with Gasteiger partial charge in [-0.3, -0.25) is 9.69 Å². The Labute approximate surface area is 96.7 Å². The van der Waals surface area contributed by atoms with Crippen molar-refractivity contribution in [2.24, 2.45) is 0 Å². The largest absolute Gasteiger partial charge is 0.480 e. The van der Waals surface area contributed by atoms with Crippen LogP contribution in [0.4, 0.5) is 0 Å². The van der Waals surface area contributed by atoms with Crippen molar-refractivity contribution in [2.75, 3.05) is 13.6 Å². The summed E-state index contributed by atoms with van der Waals surface area (Å²) >= 11 is 0. The van der Waals surface area contributed by atoms with Crippen LogP contribution in [0.25, 0.3) is 0 Å². The fourth-order valence-corrected chi connectivity index (χ4v) is 1.80. The normalized spacial score (nSPS) is 12.8. The van der Waals surface area contributed by atoms with E-state index in [2.05, 4.69) is 25.1 Å². The number of carboxylic acids is 1. The van der Waals surface area contributed by atoms with E-state index in [1.165, 1.54) is 16.7 Å². The Morgan fingerprint density at radius 3 is 2.62 bits per heavy atom. The van der Waals surface area contributed by atoms with E-state index in [0.717, 1.165) is 0 Å². The van der Waals surface area contributed by atoms with Gasteiger partial charge in [-0.1, -0.05) is 23.8 Å². The van der Waals surface area contributed by atoms with Crippen LogP contribution in [-0.4, -0.2) is 29.6 Å². The van der Waals surface area contributed by atoms with Gasteiger partial charge in [-0.05, 0) is 38.9 Å². The maximum absolute atomic E-state index is 10.7. The lowest BCUT2D eigenvalue weighted by Gasteiger charge is -2.25. The van der Waals surface area contributed by atoms with Gasteiger partial charge in [0.05, 0.1) is 6.54 Å². The molecule has 0 aliphatic heterocycles. The molecule has 0 amide bonds. The molecular formula is C13H19NO2. The SMILES string of the molecule is Cc1ccc(C)c(C(C)N(C)CC(=O)O)c1. The van der Waals surface area contributed by atoms with Gasteiger partial charge in [0.1, 0.15) is 0 Å². The van der Waals surface area contributed by atoms with Gasteiger partial charge in [0.2, 0.25) is 0 Å². The van der Waals surface area contributed by atoms with E-state index in [1.807, 2.05) is 25.8 Å². The summed E-state index contributed by atoms with van der Waals surface area (Å²) < 4.78 is 0. The van der Waals surface area contributed by atoms with Gasteiger partial charge in [0, 0.05) is 6.04 Å². The summed E-state index contributed by atoms with van der Waals surface area (Å²) in [5, 5.41) is 8.76. The number of aliphatic carboxylic acids is 1. The van der Waals surface area contributed by atoms with Crippen LogP contribution in [0.2, 0.25) is 0 Å². The quantitative estimate of drug-likeness (QED) is 0.848. The highest BCUT2D eigenvalue weighted by molar-refractivity contribution is 5.69. The van der Waals surface area contributed by atoms with Crippen molar-refractivity contribution in [1.29, 1.82) is 0 Å². The Hall–Kier alpha value is -1.35. The molecule has 3 nitrogen and oxygen atoms in total. The first-order chi connectivity index (χ1) is 7.41. The third-order valence-corrected chi connectivity index (χ3v) is 2.93. The van der Waals surface area contributed by atoms with Crippen molar-refractivity contribution >= 4 is 5.97 Å². The molecule has 88 valence electrons. The van der Waals surface area contributed by atoms with Gasteiger partial charge >= 0.3 is 5.97 Å². The highest BCUT2D eigenvalue weighted by Crippen LogP contribution is 2.23. The van der Waals surface area contributed by atoms with Crippen molar-refractivity contribution in [2.45, 2.75) is 26.8 Å². The minimum absolute atomic E-state index is 0.0640. The molecule has 1 atom stereocenters. The van der Waals surface area contributed by atoms with Crippen LogP contribution in [0.5, 0.6) is 0 Å². The fraction of sp³-hybridized carbons (Fsp3) is 0.462. The molecule has 1 aromatic carbocycles. The minimum Gasteiger partial charge on any atom is -0.480 e. The number of aryl methyl sites for hydroxylation is 2. The third-order valence-electron chi connectivity index (χ3n) is 2.93. The number of nitrogens with zero attached hydrogens (tertiary/aromatic N) is 1. The standard InChI is InChI=1S/C13H19NO2/c1-9-5-6-10(2)12(7-9)11(3)14(4)8-13(15)16/h5-7,11H,8H2,1-4H3,(H,15,16). The highest BCUT2D eigenvalue weighted by Gasteiger charge is 2.15. The Bertz CT molecular complexity index is 388. The molecule has 0 fully saturated rings. The topological polar surface area (TPSA) is 40.5 Å². The first-order valence-electron chi connectivity index (χ1n) is 5.41. The summed E-state index contributed by atoms with van der Waals surface area (Å²) in [6, 6.07) is 6.40. The maximum atomic E-state index is 10.7. The molecule has 0 bridgehead atoms. The molecule has 16 heavy (non-hydrogen) atoms. The second-order valence-electron chi connectivity index (χ2n) is 4.34. The van der Waals surface area contributed by atoms with E-state index in [1.54, 1.807) is 0 Å². The molecule has 0 aliphatic carbocycles. The van der Waals surface area contributed by atoms with Gasteiger partial charge in [-0.15, -0.1) is 0 Å². The predicted molar refractivity (Wildman–Crippen MR) is 64.6 cm³/mol. The summed E-state index contributed by atoms with van der Waals surface area (Å²) in [6.07, 6.45) is 0. The molecule has 0 saturated heterocycles. The summed E-state index contributed by atoms with van der Waals surface area (Å²) in [7, 11) is 1.83. The molecule has 1 rings (SSSR count). The Balaban J connectivity index is 2.90. The third kappa shape index (κ3) is 3.07. The second kappa shape index (κ2) is 5.12. The van der Waals surface area contributed by atoms with Gasteiger partial charge in [0.25, 0.3) is 0 Å². The first kappa shape index (κ1) is 12.7. The van der Waals surface area contributed by atoms with Crippen LogP contribution in [0.15, 0.2) is 18.2 Å². The molecular weight excluding hydrogens is 202 g/mol. The van der Waals surface area contributed by atoms with E-state index >= 15 is 0 Å². The molecule has 0 radical (unpaired) electrons. The van der Waals surface area contributed by atoms with E-state index in [4.69, 9.17) is 5.11 Å². The average molecular weight is 221 g/mol. The molecule has 0 spiro atoms. The molecule has 1 unspecified atom stereocenters. The zero-order valence-corrected chi connectivity index (χ0v) is 10.3. The van der Waals surface area contributed by atoms with Crippen molar-refractivity contribution < 1.29 is 9.90 Å². The van der Waals surface area contributed by atoms with Gasteiger partial charge in [-0.2, -0.15) is 0 Å². The summed E-state index contributed by atoms with van der Waals surface area (Å²) in [5.41, 5.74) is 3.61. The van der Waals surface area contributed by atoms with Crippen LogP contribution in [0.3, 0.4) is 0 Å². The number of hydrogen-bond donors (Lipinski definition) is 1. The van der Waals surface area contributed by atoms with Crippen LogP contribution < -0.4 is 0 Å². The summed E-state index contributed by atoms with van der Waals surface area (Å²) in [4.78, 5) is 12.5. The number of carboxylic acid groups (broad SMARTS) is 1. The molecule has 0 aromatic heterocycles. The maximum Gasteiger partial charge on any atom is 0.317 e. The minimum atomic E-state index is -0.792.